The lowest BCUT2D eigenvalue weighted by atomic mass is 10.2. The third kappa shape index (κ3) is 3.41. The number of carbonyl (C=O) groups excluding carboxylic acids is 1. The largest absolute Gasteiger partial charge is 0.494 e. The van der Waals surface area contributed by atoms with Gasteiger partial charge in [-0.3, -0.25) is 19.6 Å². The summed E-state index contributed by atoms with van der Waals surface area (Å²) in [6.07, 6.45) is 2.99. The number of hydrazine groups is 1. The van der Waals surface area contributed by atoms with Crippen LogP contribution < -0.4 is 21.6 Å². The van der Waals surface area contributed by atoms with E-state index in [-0.39, 0.29) is 17.2 Å². The minimum Gasteiger partial charge on any atom is -0.494 e. The van der Waals surface area contributed by atoms with Crippen molar-refractivity contribution in [3.05, 3.63) is 45.1 Å². The molecule has 0 aliphatic heterocycles. The van der Waals surface area contributed by atoms with Crippen LogP contribution in [0.5, 0.6) is 5.75 Å². The number of aromatic nitrogens is 2. The van der Waals surface area contributed by atoms with Gasteiger partial charge in [0, 0.05) is 4.88 Å². The summed E-state index contributed by atoms with van der Waals surface area (Å²) >= 11 is 2.78. The second-order valence-electron chi connectivity index (χ2n) is 6.36. The van der Waals surface area contributed by atoms with Crippen molar-refractivity contribution in [3.8, 4) is 11.4 Å². The van der Waals surface area contributed by atoms with Gasteiger partial charge in [-0.2, -0.15) is 0 Å². The van der Waals surface area contributed by atoms with E-state index in [0.717, 1.165) is 35.4 Å². The highest BCUT2D eigenvalue weighted by molar-refractivity contribution is 7.99. The molecule has 1 aromatic carbocycles. The van der Waals surface area contributed by atoms with E-state index in [4.69, 9.17) is 15.6 Å². The molecule has 28 heavy (non-hydrogen) atoms. The summed E-state index contributed by atoms with van der Waals surface area (Å²) in [5.41, 5.74) is 3.84. The van der Waals surface area contributed by atoms with Gasteiger partial charge in [0.15, 0.2) is 5.16 Å². The van der Waals surface area contributed by atoms with Crippen LogP contribution in [-0.2, 0) is 17.6 Å². The first kappa shape index (κ1) is 19.0. The van der Waals surface area contributed by atoms with Crippen molar-refractivity contribution in [3.63, 3.8) is 0 Å². The molecule has 3 N–H and O–H groups in total. The Labute approximate surface area is 169 Å². The van der Waals surface area contributed by atoms with Crippen molar-refractivity contribution < 1.29 is 9.53 Å². The van der Waals surface area contributed by atoms with E-state index in [1.807, 2.05) is 31.2 Å². The first-order valence-corrected chi connectivity index (χ1v) is 10.9. The number of hydrogen-bond acceptors (Lipinski definition) is 7. The van der Waals surface area contributed by atoms with Gasteiger partial charge < -0.3 is 4.74 Å². The first-order chi connectivity index (χ1) is 13.6. The normalized spacial score (nSPS) is 12.9. The van der Waals surface area contributed by atoms with E-state index in [2.05, 4.69) is 5.43 Å². The quantitative estimate of drug-likeness (QED) is 0.210. The lowest BCUT2D eigenvalue weighted by Gasteiger charge is -2.13. The molecule has 1 aliphatic carbocycles. The van der Waals surface area contributed by atoms with Crippen LogP contribution in [0, 0.1) is 0 Å². The molecule has 3 aromatic rings. The zero-order chi connectivity index (χ0) is 19.7. The van der Waals surface area contributed by atoms with Crippen LogP contribution in [0.15, 0.2) is 34.2 Å². The van der Waals surface area contributed by atoms with Crippen LogP contribution in [0.4, 0.5) is 0 Å². The molecule has 0 atom stereocenters. The van der Waals surface area contributed by atoms with Crippen LogP contribution in [0.2, 0.25) is 0 Å². The Morgan fingerprint density at radius 3 is 2.86 bits per heavy atom. The maximum Gasteiger partial charge on any atom is 0.267 e. The van der Waals surface area contributed by atoms with Gasteiger partial charge in [-0.15, -0.1) is 11.3 Å². The maximum absolute atomic E-state index is 13.5. The SMILES string of the molecule is CCOc1ccc(-n2c(SCC(=O)NN)nc3sc4c(c3c2=O)CCC4)cc1. The van der Waals surface area contributed by atoms with Crippen molar-refractivity contribution in [2.75, 3.05) is 12.4 Å². The van der Waals surface area contributed by atoms with Crippen LogP contribution >= 0.6 is 23.1 Å². The third-order valence-electron chi connectivity index (χ3n) is 4.61. The number of amides is 1. The minimum absolute atomic E-state index is 0.0799. The fourth-order valence-corrected chi connectivity index (χ4v) is 5.51. The fourth-order valence-electron chi connectivity index (χ4n) is 3.38. The fraction of sp³-hybridized carbons (Fsp3) is 0.316. The highest BCUT2D eigenvalue weighted by Gasteiger charge is 2.24. The molecule has 146 valence electrons. The van der Waals surface area contributed by atoms with Gasteiger partial charge in [0.1, 0.15) is 10.6 Å². The van der Waals surface area contributed by atoms with Crippen molar-refractivity contribution in [1.29, 1.82) is 0 Å². The number of hydrogen-bond donors (Lipinski definition) is 2. The number of nitrogens with zero attached hydrogens (tertiary/aromatic N) is 2. The van der Waals surface area contributed by atoms with Gasteiger partial charge in [-0.25, -0.2) is 10.8 Å². The predicted octanol–water partition coefficient (Wildman–Crippen LogP) is 2.42. The van der Waals surface area contributed by atoms with Crippen LogP contribution in [-0.4, -0.2) is 27.8 Å². The van der Waals surface area contributed by atoms with Crippen molar-refractivity contribution >= 4 is 39.2 Å². The summed E-state index contributed by atoms with van der Waals surface area (Å²) in [6.45, 7) is 2.49. The monoisotopic (exact) mass is 416 g/mol. The van der Waals surface area contributed by atoms with Crippen LogP contribution in [0.25, 0.3) is 15.9 Å². The van der Waals surface area contributed by atoms with E-state index < -0.39 is 0 Å². The lowest BCUT2D eigenvalue weighted by Crippen LogP contribution is -2.32. The minimum atomic E-state index is -0.328. The van der Waals surface area contributed by atoms with E-state index in [0.29, 0.717) is 22.8 Å². The van der Waals surface area contributed by atoms with Crippen molar-refractivity contribution in [2.45, 2.75) is 31.3 Å². The summed E-state index contributed by atoms with van der Waals surface area (Å²) in [4.78, 5) is 31.8. The standard InChI is InChI=1S/C19H20N4O3S2/c1-2-26-12-8-6-11(7-9-12)23-18(25)16-13-4-3-5-14(13)28-17(16)21-19(23)27-10-15(24)22-20/h6-9H,2-5,10,20H2,1H3,(H,22,24). The second-order valence-corrected chi connectivity index (χ2v) is 8.38. The molecule has 2 aromatic heterocycles. The average molecular weight is 417 g/mol. The molecule has 0 saturated heterocycles. The molecule has 0 radical (unpaired) electrons. The number of rotatable bonds is 6. The molecule has 0 bridgehead atoms. The molecular formula is C19H20N4O3S2. The molecule has 4 rings (SSSR count). The van der Waals surface area contributed by atoms with Gasteiger partial charge >= 0.3 is 0 Å². The van der Waals surface area contributed by atoms with Crippen LogP contribution in [0.1, 0.15) is 23.8 Å². The smallest absolute Gasteiger partial charge is 0.267 e. The Balaban J connectivity index is 1.86. The third-order valence-corrected chi connectivity index (χ3v) is 6.73. The molecule has 9 heteroatoms. The summed E-state index contributed by atoms with van der Waals surface area (Å²) in [5.74, 6) is 5.68. The summed E-state index contributed by atoms with van der Waals surface area (Å²) in [6, 6.07) is 7.32. The zero-order valence-electron chi connectivity index (χ0n) is 15.4. The highest BCUT2D eigenvalue weighted by Crippen LogP contribution is 2.36. The molecule has 0 saturated carbocycles. The number of thioether (sulfide) groups is 1. The Hall–Kier alpha value is -2.36. The molecule has 0 fully saturated rings. The number of thiophene rings is 1. The van der Waals surface area contributed by atoms with Gasteiger partial charge in [-0.05, 0) is 56.0 Å². The highest BCUT2D eigenvalue weighted by atomic mass is 32.2. The zero-order valence-corrected chi connectivity index (χ0v) is 17.0. The number of nitrogens with two attached hydrogens (primary N) is 1. The summed E-state index contributed by atoms with van der Waals surface area (Å²) in [7, 11) is 0. The number of fused-ring (bicyclic) bond motifs is 3. The Bertz CT molecular complexity index is 1090. The van der Waals surface area contributed by atoms with E-state index >= 15 is 0 Å². The van der Waals surface area contributed by atoms with Crippen molar-refractivity contribution in [2.24, 2.45) is 5.84 Å². The van der Waals surface area contributed by atoms with Crippen molar-refractivity contribution in [1.82, 2.24) is 15.0 Å². The molecule has 1 amide bonds. The number of nitrogens with one attached hydrogen (secondary N) is 1. The Morgan fingerprint density at radius 1 is 1.36 bits per heavy atom. The van der Waals surface area contributed by atoms with Gasteiger partial charge in [0.25, 0.3) is 5.56 Å². The molecular weight excluding hydrogens is 396 g/mol. The van der Waals surface area contributed by atoms with E-state index in [1.165, 1.54) is 16.6 Å². The van der Waals surface area contributed by atoms with E-state index in [1.54, 1.807) is 15.9 Å². The van der Waals surface area contributed by atoms with Gasteiger partial charge in [0.2, 0.25) is 5.91 Å². The van der Waals surface area contributed by atoms with Crippen LogP contribution in [0.3, 0.4) is 0 Å². The number of ether oxygens (including phenoxy) is 1. The van der Waals surface area contributed by atoms with Gasteiger partial charge in [-0.1, -0.05) is 11.8 Å². The lowest BCUT2D eigenvalue weighted by molar-refractivity contribution is -0.118. The summed E-state index contributed by atoms with van der Waals surface area (Å²) < 4.78 is 7.08. The number of carbonyl (C=O) groups is 1. The average Bonchev–Trinajstić information content (AvgIpc) is 3.28. The van der Waals surface area contributed by atoms with E-state index in [9.17, 15) is 9.59 Å². The Kier molecular flexibility index (Phi) is 5.38. The number of aryl methyl sites for hydroxylation is 2. The Morgan fingerprint density at radius 2 is 2.14 bits per heavy atom. The summed E-state index contributed by atoms with van der Waals surface area (Å²) in [5, 5.41) is 1.18. The molecule has 0 spiro atoms. The molecule has 0 unspecified atom stereocenters. The molecule has 7 nitrogen and oxygen atoms in total. The number of benzene rings is 1. The topological polar surface area (TPSA) is 99.2 Å². The first-order valence-electron chi connectivity index (χ1n) is 9.05. The predicted molar refractivity (Wildman–Crippen MR) is 111 cm³/mol. The maximum atomic E-state index is 13.5. The molecule has 1 aliphatic rings. The molecule has 2 heterocycles. The second kappa shape index (κ2) is 7.94. The van der Waals surface area contributed by atoms with Gasteiger partial charge in [0.05, 0.1) is 23.4 Å².